The molecule has 136 valence electrons. The van der Waals surface area contributed by atoms with Crippen LogP contribution in [0.1, 0.15) is 12.0 Å². The number of sulfone groups is 1. The van der Waals surface area contributed by atoms with E-state index < -0.39 is 9.84 Å². The average molecular weight is 390 g/mol. The molecule has 1 aliphatic rings. The third-order valence-corrected chi connectivity index (χ3v) is 6.73. The fraction of sp³-hybridized carbons (Fsp3) is 0.222. The van der Waals surface area contributed by atoms with Gasteiger partial charge in [0, 0.05) is 17.0 Å². The maximum Gasteiger partial charge on any atom is 0.234 e. The number of hydrogen-bond donors (Lipinski definition) is 2. The molecule has 8 heteroatoms. The van der Waals surface area contributed by atoms with Gasteiger partial charge in [0.05, 0.1) is 22.1 Å². The Labute approximate surface area is 156 Å². The number of nitrogens with one attached hydrogen (secondary N) is 2. The molecule has 0 unspecified atom stereocenters. The molecule has 2 N–H and O–H groups in total. The molecular weight excluding hydrogens is 372 g/mol. The highest BCUT2D eigenvalue weighted by atomic mass is 32.2. The van der Waals surface area contributed by atoms with Crippen molar-refractivity contribution in [1.82, 2.24) is 0 Å². The molecule has 2 aromatic rings. The normalized spacial score (nSPS) is 13.7. The van der Waals surface area contributed by atoms with E-state index in [1.165, 1.54) is 17.8 Å². The molecule has 2 aromatic carbocycles. The Bertz CT molecular complexity index is 971. The van der Waals surface area contributed by atoms with Crippen LogP contribution in [-0.4, -0.2) is 31.7 Å². The van der Waals surface area contributed by atoms with Crippen molar-refractivity contribution in [1.29, 1.82) is 0 Å². The molecule has 0 fully saturated rings. The van der Waals surface area contributed by atoms with Crippen molar-refractivity contribution < 1.29 is 18.0 Å². The lowest BCUT2D eigenvalue weighted by Gasteiger charge is -2.17. The molecule has 1 heterocycles. The van der Waals surface area contributed by atoms with E-state index in [1.807, 2.05) is 25.1 Å². The zero-order valence-electron chi connectivity index (χ0n) is 14.1. The first-order valence-electron chi connectivity index (χ1n) is 8.00. The Morgan fingerprint density at radius 2 is 2.00 bits per heavy atom. The van der Waals surface area contributed by atoms with Crippen LogP contribution in [0.15, 0.2) is 52.3 Å². The Morgan fingerprint density at radius 3 is 2.77 bits per heavy atom. The quantitative estimate of drug-likeness (QED) is 0.819. The minimum absolute atomic E-state index is 0.106. The monoisotopic (exact) mass is 390 g/mol. The Balaban J connectivity index is 1.66. The van der Waals surface area contributed by atoms with Crippen LogP contribution in [0.3, 0.4) is 0 Å². The van der Waals surface area contributed by atoms with Crippen molar-refractivity contribution in [3.63, 3.8) is 0 Å². The van der Waals surface area contributed by atoms with Crippen LogP contribution in [0.2, 0.25) is 0 Å². The van der Waals surface area contributed by atoms with Gasteiger partial charge in [-0.05, 0) is 36.8 Å². The SMILES string of the molecule is Cc1ccccc1NC(=O)CCS(=O)(=O)c1ccc2c(c1)SCC(=O)N2. The minimum Gasteiger partial charge on any atom is -0.326 e. The standard InChI is InChI=1S/C18H18N2O4S2/c1-12-4-2-3-5-14(12)19-17(21)8-9-26(23,24)13-6-7-15-16(10-13)25-11-18(22)20-15/h2-7,10H,8-9,11H2,1H3,(H,19,21)(H,20,22). The number of carbonyl (C=O) groups is 2. The van der Waals surface area contributed by atoms with Crippen LogP contribution in [0.5, 0.6) is 0 Å². The lowest BCUT2D eigenvalue weighted by Crippen LogP contribution is -2.20. The summed E-state index contributed by atoms with van der Waals surface area (Å²) in [6.07, 6.45) is -0.127. The fourth-order valence-corrected chi connectivity index (χ4v) is 4.70. The van der Waals surface area contributed by atoms with Crippen LogP contribution in [0.25, 0.3) is 0 Å². The summed E-state index contributed by atoms with van der Waals surface area (Å²) < 4.78 is 25.1. The maximum atomic E-state index is 12.5. The third kappa shape index (κ3) is 4.25. The van der Waals surface area contributed by atoms with Crippen LogP contribution >= 0.6 is 11.8 Å². The van der Waals surface area contributed by atoms with Crippen LogP contribution in [-0.2, 0) is 19.4 Å². The molecule has 3 rings (SSSR count). The van der Waals surface area contributed by atoms with E-state index in [1.54, 1.807) is 18.2 Å². The molecular formula is C18H18N2O4S2. The number of benzene rings is 2. The van der Waals surface area contributed by atoms with Gasteiger partial charge in [-0.15, -0.1) is 11.8 Å². The van der Waals surface area contributed by atoms with Gasteiger partial charge in [-0.1, -0.05) is 18.2 Å². The van der Waals surface area contributed by atoms with E-state index in [-0.39, 0.29) is 34.6 Å². The molecule has 0 atom stereocenters. The van der Waals surface area contributed by atoms with Crippen molar-refractivity contribution in [2.75, 3.05) is 22.1 Å². The predicted octanol–water partition coefficient (Wildman–Crippen LogP) is 2.84. The highest BCUT2D eigenvalue weighted by Crippen LogP contribution is 2.33. The van der Waals surface area contributed by atoms with E-state index in [2.05, 4.69) is 10.6 Å². The van der Waals surface area contributed by atoms with Gasteiger partial charge in [-0.25, -0.2) is 8.42 Å². The van der Waals surface area contributed by atoms with Gasteiger partial charge in [0.15, 0.2) is 9.84 Å². The van der Waals surface area contributed by atoms with Crippen LogP contribution in [0.4, 0.5) is 11.4 Å². The first kappa shape index (κ1) is 18.5. The molecule has 0 aliphatic carbocycles. The number of carbonyl (C=O) groups excluding carboxylic acids is 2. The molecule has 2 amide bonds. The number of fused-ring (bicyclic) bond motifs is 1. The lowest BCUT2D eigenvalue weighted by atomic mass is 10.2. The number of aryl methyl sites for hydroxylation is 1. The second-order valence-corrected chi connectivity index (χ2v) is 9.05. The summed E-state index contributed by atoms with van der Waals surface area (Å²) in [5.74, 6) is -0.468. The van der Waals surface area contributed by atoms with Gasteiger partial charge >= 0.3 is 0 Å². The summed E-state index contributed by atoms with van der Waals surface area (Å²) in [4.78, 5) is 24.3. The van der Waals surface area contributed by atoms with Gasteiger partial charge in [0.1, 0.15) is 0 Å². The molecule has 0 radical (unpaired) electrons. The summed E-state index contributed by atoms with van der Waals surface area (Å²) in [6, 6.07) is 11.9. The van der Waals surface area contributed by atoms with E-state index in [0.29, 0.717) is 11.4 Å². The second-order valence-electron chi connectivity index (χ2n) is 5.93. The number of amides is 2. The van der Waals surface area contributed by atoms with E-state index in [9.17, 15) is 18.0 Å². The minimum atomic E-state index is -3.59. The van der Waals surface area contributed by atoms with Crippen molar-refractivity contribution in [3.05, 3.63) is 48.0 Å². The molecule has 6 nitrogen and oxygen atoms in total. The smallest absolute Gasteiger partial charge is 0.234 e. The summed E-state index contributed by atoms with van der Waals surface area (Å²) in [6.45, 7) is 1.87. The molecule has 1 aliphatic heterocycles. The lowest BCUT2D eigenvalue weighted by molar-refractivity contribution is -0.116. The van der Waals surface area contributed by atoms with E-state index in [4.69, 9.17) is 0 Å². The first-order chi connectivity index (χ1) is 12.3. The third-order valence-electron chi connectivity index (χ3n) is 3.96. The zero-order chi connectivity index (χ0) is 18.7. The molecule has 0 bridgehead atoms. The Kier molecular flexibility index (Phi) is 5.33. The molecule has 0 spiro atoms. The Hall–Kier alpha value is -2.32. The van der Waals surface area contributed by atoms with E-state index >= 15 is 0 Å². The number of rotatable bonds is 5. The molecule has 0 saturated carbocycles. The largest absolute Gasteiger partial charge is 0.326 e. The zero-order valence-corrected chi connectivity index (χ0v) is 15.7. The highest BCUT2D eigenvalue weighted by molar-refractivity contribution is 8.00. The summed E-state index contributed by atoms with van der Waals surface area (Å²) in [5, 5.41) is 5.44. The summed E-state index contributed by atoms with van der Waals surface area (Å²) in [5.41, 5.74) is 2.20. The number of para-hydroxylation sites is 1. The summed E-state index contributed by atoms with van der Waals surface area (Å²) in [7, 11) is -3.59. The highest BCUT2D eigenvalue weighted by Gasteiger charge is 2.21. The average Bonchev–Trinajstić information content (AvgIpc) is 2.61. The fourth-order valence-electron chi connectivity index (χ4n) is 2.52. The number of thioether (sulfide) groups is 1. The van der Waals surface area contributed by atoms with Crippen molar-refractivity contribution >= 4 is 44.8 Å². The van der Waals surface area contributed by atoms with Crippen molar-refractivity contribution in [3.8, 4) is 0 Å². The van der Waals surface area contributed by atoms with Crippen molar-refractivity contribution in [2.24, 2.45) is 0 Å². The van der Waals surface area contributed by atoms with Gasteiger partial charge in [-0.3, -0.25) is 9.59 Å². The number of hydrogen-bond acceptors (Lipinski definition) is 5. The Morgan fingerprint density at radius 1 is 1.23 bits per heavy atom. The van der Waals surface area contributed by atoms with Crippen LogP contribution in [0, 0.1) is 6.92 Å². The predicted molar refractivity (Wildman–Crippen MR) is 102 cm³/mol. The van der Waals surface area contributed by atoms with Gasteiger partial charge < -0.3 is 10.6 Å². The summed E-state index contributed by atoms with van der Waals surface area (Å²) >= 11 is 1.30. The van der Waals surface area contributed by atoms with Gasteiger partial charge in [0.25, 0.3) is 0 Å². The van der Waals surface area contributed by atoms with Crippen molar-refractivity contribution in [2.45, 2.75) is 23.1 Å². The van der Waals surface area contributed by atoms with E-state index in [0.717, 1.165) is 10.5 Å². The topological polar surface area (TPSA) is 92.3 Å². The maximum absolute atomic E-state index is 12.5. The second kappa shape index (κ2) is 7.51. The first-order valence-corrected chi connectivity index (χ1v) is 10.6. The number of anilines is 2. The molecule has 0 aromatic heterocycles. The van der Waals surface area contributed by atoms with Gasteiger partial charge in [0.2, 0.25) is 11.8 Å². The molecule has 26 heavy (non-hydrogen) atoms. The molecule has 0 saturated heterocycles. The van der Waals surface area contributed by atoms with Crippen LogP contribution < -0.4 is 10.6 Å². The van der Waals surface area contributed by atoms with Gasteiger partial charge in [-0.2, -0.15) is 0 Å².